The number of benzene rings is 1. The second-order valence-electron chi connectivity index (χ2n) is 9.26. The lowest BCUT2D eigenvalue weighted by Crippen LogP contribution is -2.48. The number of amides is 2. The Morgan fingerprint density at radius 1 is 1.11 bits per heavy atom. The Morgan fingerprint density at radius 3 is 2.57 bits per heavy atom. The van der Waals surface area contributed by atoms with Crippen LogP contribution in [0.1, 0.15) is 41.2 Å². The van der Waals surface area contributed by atoms with Crippen molar-refractivity contribution in [3.05, 3.63) is 68.9 Å². The number of nitro benzene ring substituents is 1. The molecule has 2 aromatic heterocycles. The molecule has 12 heteroatoms. The van der Waals surface area contributed by atoms with E-state index in [0.29, 0.717) is 50.4 Å². The first-order valence-electron chi connectivity index (χ1n) is 11.9. The number of hydrogen-bond donors (Lipinski definition) is 0. The molecule has 6 rings (SSSR count). The number of carbonyl (C=O) groups is 2. The molecular formula is C25H22ClN5O6. The van der Waals surface area contributed by atoms with Gasteiger partial charge in [0.1, 0.15) is 11.0 Å². The van der Waals surface area contributed by atoms with Crippen molar-refractivity contribution in [2.45, 2.75) is 31.1 Å². The summed E-state index contributed by atoms with van der Waals surface area (Å²) >= 11 is 6.04. The van der Waals surface area contributed by atoms with Crippen LogP contribution in [0.25, 0.3) is 11.0 Å². The van der Waals surface area contributed by atoms with Gasteiger partial charge in [0, 0.05) is 43.5 Å². The van der Waals surface area contributed by atoms with Gasteiger partial charge in [0.05, 0.1) is 36.2 Å². The first kappa shape index (κ1) is 23.7. The predicted octanol–water partition coefficient (Wildman–Crippen LogP) is 3.65. The van der Waals surface area contributed by atoms with Crippen molar-refractivity contribution in [3.63, 3.8) is 0 Å². The van der Waals surface area contributed by atoms with Gasteiger partial charge in [-0.05, 0) is 35.9 Å². The number of hydrogen-bond acceptors (Lipinski definition) is 8. The maximum absolute atomic E-state index is 13.6. The Labute approximate surface area is 216 Å². The van der Waals surface area contributed by atoms with Crippen molar-refractivity contribution >= 4 is 46.0 Å². The fourth-order valence-corrected chi connectivity index (χ4v) is 5.43. The van der Waals surface area contributed by atoms with Gasteiger partial charge in [0.2, 0.25) is 5.91 Å². The molecule has 0 bridgehead atoms. The molecule has 0 N–H and O–H groups in total. The SMILES string of the molecule is O=C(CC1c2ccc([N+](=O)[O-])cc2C(=O)N1c1ccc2ccc(Cl)nc2n1)N1CCC2(CC1)OCCO2. The highest BCUT2D eigenvalue weighted by atomic mass is 35.5. The van der Waals surface area contributed by atoms with Crippen LogP contribution in [-0.4, -0.2) is 63.7 Å². The second kappa shape index (κ2) is 9.02. The molecule has 3 aliphatic rings. The summed E-state index contributed by atoms with van der Waals surface area (Å²) in [6.07, 6.45) is 1.15. The molecule has 2 amide bonds. The minimum absolute atomic E-state index is 0.00600. The molecule has 3 aliphatic heterocycles. The van der Waals surface area contributed by atoms with Crippen LogP contribution in [0.2, 0.25) is 5.15 Å². The molecule has 1 spiro atoms. The third kappa shape index (κ3) is 4.18. The summed E-state index contributed by atoms with van der Waals surface area (Å²) in [5.41, 5.74) is 0.874. The smallest absolute Gasteiger partial charge is 0.270 e. The van der Waals surface area contributed by atoms with E-state index in [1.54, 1.807) is 35.2 Å². The van der Waals surface area contributed by atoms with E-state index in [0.717, 1.165) is 5.39 Å². The third-order valence-corrected chi connectivity index (χ3v) is 7.39. The fraction of sp³-hybridized carbons (Fsp3) is 0.360. The molecule has 0 saturated carbocycles. The Balaban J connectivity index is 1.33. The minimum atomic E-state index is -0.685. The number of aromatic nitrogens is 2. The normalized spacial score (nSPS) is 20.6. The van der Waals surface area contributed by atoms with Crippen LogP contribution >= 0.6 is 11.6 Å². The molecule has 190 valence electrons. The van der Waals surface area contributed by atoms with Gasteiger partial charge in [-0.25, -0.2) is 9.97 Å². The van der Waals surface area contributed by atoms with Gasteiger partial charge in [-0.3, -0.25) is 24.6 Å². The van der Waals surface area contributed by atoms with Crippen LogP contribution in [-0.2, 0) is 14.3 Å². The Kier molecular flexibility index (Phi) is 5.78. The molecule has 1 unspecified atom stereocenters. The molecular weight excluding hydrogens is 502 g/mol. The lowest BCUT2D eigenvalue weighted by Gasteiger charge is -2.38. The number of fused-ring (bicyclic) bond motifs is 2. The van der Waals surface area contributed by atoms with E-state index in [1.165, 1.54) is 17.0 Å². The van der Waals surface area contributed by atoms with Gasteiger partial charge in [-0.15, -0.1) is 0 Å². The number of ether oxygens (including phenoxy) is 2. The molecule has 37 heavy (non-hydrogen) atoms. The number of rotatable bonds is 4. The second-order valence-corrected chi connectivity index (χ2v) is 9.65. The van der Waals surface area contributed by atoms with Gasteiger partial charge in [0.15, 0.2) is 11.4 Å². The van der Waals surface area contributed by atoms with E-state index in [-0.39, 0.29) is 34.5 Å². The highest BCUT2D eigenvalue weighted by molar-refractivity contribution is 6.29. The van der Waals surface area contributed by atoms with E-state index in [4.69, 9.17) is 21.1 Å². The van der Waals surface area contributed by atoms with Crippen LogP contribution in [0.5, 0.6) is 0 Å². The molecule has 3 aromatic rings. The average Bonchev–Trinajstić information content (AvgIpc) is 3.46. The summed E-state index contributed by atoms with van der Waals surface area (Å²) < 4.78 is 11.5. The van der Waals surface area contributed by atoms with Crippen LogP contribution < -0.4 is 4.90 Å². The van der Waals surface area contributed by atoms with Crippen LogP contribution in [0, 0.1) is 10.1 Å². The van der Waals surface area contributed by atoms with Crippen molar-refractivity contribution < 1.29 is 24.0 Å². The molecule has 2 fully saturated rings. The van der Waals surface area contributed by atoms with E-state index >= 15 is 0 Å². The number of pyridine rings is 2. The summed E-state index contributed by atoms with van der Waals surface area (Å²) in [5, 5.41) is 12.4. The maximum Gasteiger partial charge on any atom is 0.270 e. The zero-order valence-electron chi connectivity index (χ0n) is 19.6. The lowest BCUT2D eigenvalue weighted by atomic mass is 9.99. The maximum atomic E-state index is 13.6. The van der Waals surface area contributed by atoms with Crippen LogP contribution in [0.15, 0.2) is 42.5 Å². The lowest BCUT2D eigenvalue weighted by molar-refractivity contribution is -0.384. The molecule has 2 saturated heterocycles. The Morgan fingerprint density at radius 2 is 1.84 bits per heavy atom. The van der Waals surface area contributed by atoms with E-state index in [2.05, 4.69) is 9.97 Å². The van der Waals surface area contributed by atoms with Gasteiger partial charge in [-0.2, -0.15) is 0 Å². The van der Waals surface area contributed by atoms with Crippen molar-refractivity contribution in [2.75, 3.05) is 31.2 Å². The summed E-state index contributed by atoms with van der Waals surface area (Å²) in [6, 6.07) is 10.3. The number of nitrogens with zero attached hydrogens (tertiary/aromatic N) is 5. The van der Waals surface area contributed by atoms with Crippen molar-refractivity contribution in [2.24, 2.45) is 0 Å². The number of likely N-dealkylation sites (tertiary alicyclic amines) is 1. The summed E-state index contributed by atoms with van der Waals surface area (Å²) in [4.78, 5) is 49.8. The van der Waals surface area contributed by atoms with Gasteiger partial charge < -0.3 is 14.4 Å². The summed E-state index contributed by atoms with van der Waals surface area (Å²) in [7, 11) is 0. The van der Waals surface area contributed by atoms with Crippen molar-refractivity contribution in [1.82, 2.24) is 14.9 Å². The third-order valence-electron chi connectivity index (χ3n) is 7.18. The number of non-ortho nitro benzene ring substituents is 1. The number of carbonyl (C=O) groups excluding carboxylic acids is 2. The monoisotopic (exact) mass is 523 g/mol. The molecule has 0 radical (unpaired) electrons. The molecule has 1 atom stereocenters. The molecule has 1 aromatic carbocycles. The van der Waals surface area contributed by atoms with Gasteiger partial charge >= 0.3 is 0 Å². The van der Waals surface area contributed by atoms with Crippen molar-refractivity contribution in [3.8, 4) is 0 Å². The highest BCUT2D eigenvalue weighted by Gasteiger charge is 2.44. The first-order valence-corrected chi connectivity index (χ1v) is 12.3. The fourth-order valence-electron chi connectivity index (χ4n) is 5.29. The van der Waals surface area contributed by atoms with E-state index in [9.17, 15) is 19.7 Å². The molecule has 5 heterocycles. The number of piperidine rings is 1. The predicted molar refractivity (Wildman–Crippen MR) is 132 cm³/mol. The Hall–Kier alpha value is -3.67. The van der Waals surface area contributed by atoms with E-state index < -0.39 is 22.7 Å². The number of anilines is 1. The van der Waals surface area contributed by atoms with Crippen LogP contribution in [0.4, 0.5) is 11.5 Å². The number of nitro groups is 1. The van der Waals surface area contributed by atoms with Gasteiger partial charge in [0.25, 0.3) is 11.6 Å². The Bertz CT molecular complexity index is 1430. The average molecular weight is 524 g/mol. The van der Waals surface area contributed by atoms with Crippen molar-refractivity contribution in [1.29, 1.82) is 0 Å². The van der Waals surface area contributed by atoms with Gasteiger partial charge in [-0.1, -0.05) is 11.6 Å². The summed E-state index contributed by atoms with van der Waals surface area (Å²) in [6.45, 7) is 2.05. The summed E-state index contributed by atoms with van der Waals surface area (Å²) in [5.74, 6) is -0.921. The topological polar surface area (TPSA) is 128 Å². The highest BCUT2D eigenvalue weighted by Crippen LogP contribution is 2.41. The zero-order valence-corrected chi connectivity index (χ0v) is 20.4. The standard InChI is InChI=1S/C25H22ClN5O6/c26-20-5-1-15-2-6-21(28-23(15)27-20)30-19(17-4-3-16(31(34)35)13-18(17)24(30)33)14-22(32)29-9-7-25(8-10-29)36-11-12-37-25/h1-6,13,19H,7-12,14H2. The van der Waals surface area contributed by atoms with Crippen LogP contribution in [0.3, 0.4) is 0 Å². The zero-order chi connectivity index (χ0) is 25.7. The molecule has 0 aliphatic carbocycles. The first-order chi connectivity index (χ1) is 17.8. The minimum Gasteiger partial charge on any atom is -0.347 e. The quantitative estimate of drug-likeness (QED) is 0.288. The van der Waals surface area contributed by atoms with E-state index in [1.807, 2.05) is 0 Å². The number of halogens is 1. The largest absolute Gasteiger partial charge is 0.347 e. The molecule has 11 nitrogen and oxygen atoms in total.